The first-order chi connectivity index (χ1) is 13.9. The molecule has 152 valence electrons. The van der Waals surface area contributed by atoms with Crippen LogP contribution in [-0.2, 0) is 4.79 Å². The van der Waals surface area contributed by atoms with E-state index in [1.807, 2.05) is 19.0 Å². The first-order valence-corrected chi connectivity index (χ1v) is 10.3. The topological polar surface area (TPSA) is 48.5 Å². The van der Waals surface area contributed by atoms with Crippen molar-refractivity contribution < 1.29 is 13.6 Å². The van der Waals surface area contributed by atoms with Gasteiger partial charge in [0.1, 0.15) is 11.3 Å². The number of hydrogen-bond acceptors (Lipinski definition) is 5. The highest BCUT2D eigenvalue weighted by Gasteiger charge is 2.27. The van der Waals surface area contributed by atoms with E-state index < -0.39 is 11.6 Å². The van der Waals surface area contributed by atoms with Crippen LogP contribution in [0.2, 0.25) is 0 Å². The van der Waals surface area contributed by atoms with E-state index >= 15 is 0 Å². The lowest BCUT2D eigenvalue weighted by molar-refractivity contribution is -0.120. The molecule has 1 amide bonds. The Hall–Kier alpha value is -2.74. The molecule has 1 fully saturated rings. The van der Waals surface area contributed by atoms with E-state index in [0.717, 1.165) is 48.2 Å². The minimum absolute atomic E-state index is 0.0814. The summed E-state index contributed by atoms with van der Waals surface area (Å²) in [5, 5.41) is 3.08. The molecule has 1 aliphatic rings. The van der Waals surface area contributed by atoms with Gasteiger partial charge in [-0.25, -0.2) is 13.8 Å². The van der Waals surface area contributed by atoms with Crippen LogP contribution in [0.4, 0.5) is 25.3 Å². The number of carbonyl (C=O) groups is 1. The lowest BCUT2D eigenvalue weighted by atomic mass is 9.96. The van der Waals surface area contributed by atoms with Gasteiger partial charge in [-0.3, -0.25) is 4.79 Å². The van der Waals surface area contributed by atoms with Gasteiger partial charge in [-0.15, -0.1) is 0 Å². The molecule has 0 saturated carbocycles. The second-order valence-electron chi connectivity index (χ2n) is 7.44. The van der Waals surface area contributed by atoms with Crippen molar-refractivity contribution in [2.75, 3.05) is 42.3 Å². The third-order valence-electron chi connectivity index (χ3n) is 5.17. The van der Waals surface area contributed by atoms with Crippen molar-refractivity contribution >= 4 is 44.0 Å². The number of anilines is 3. The lowest BCUT2D eigenvalue weighted by Crippen LogP contribution is -2.40. The number of rotatable bonds is 4. The summed E-state index contributed by atoms with van der Waals surface area (Å²) in [6.07, 6.45) is 1.69. The highest BCUT2D eigenvalue weighted by atomic mass is 32.1. The van der Waals surface area contributed by atoms with E-state index in [1.165, 1.54) is 6.07 Å². The molecule has 2 heterocycles. The second kappa shape index (κ2) is 7.94. The highest BCUT2D eigenvalue weighted by Crippen LogP contribution is 2.30. The average Bonchev–Trinajstić information content (AvgIpc) is 3.10. The number of halogens is 2. The molecule has 1 aromatic heterocycles. The number of nitrogens with zero attached hydrogens (tertiary/aromatic N) is 3. The highest BCUT2D eigenvalue weighted by molar-refractivity contribution is 7.22. The van der Waals surface area contributed by atoms with E-state index in [2.05, 4.69) is 39.5 Å². The van der Waals surface area contributed by atoms with Crippen molar-refractivity contribution in [1.82, 2.24) is 4.98 Å². The molecule has 8 heteroatoms. The summed E-state index contributed by atoms with van der Waals surface area (Å²) in [5.74, 6) is -1.70. The molecule has 29 heavy (non-hydrogen) atoms. The van der Waals surface area contributed by atoms with Crippen LogP contribution in [0.1, 0.15) is 12.8 Å². The number of thiazole rings is 1. The molecule has 1 atom stereocenters. The third kappa shape index (κ3) is 4.17. The predicted molar refractivity (Wildman–Crippen MR) is 114 cm³/mol. The summed E-state index contributed by atoms with van der Waals surface area (Å²) in [6.45, 7) is 1.51. The van der Waals surface area contributed by atoms with Crippen LogP contribution >= 0.6 is 11.3 Å². The predicted octanol–water partition coefficient (Wildman–Crippen LogP) is 4.50. The zero-order valence-electron chi connectivity index (χ0n) is 16.3. The quantitative estimate of drug-likeness (QED) is 0.681. The van der Waals surface area contributed by atoms with Crippen LogP contribution in [0.15, 0.2) is 36.4 Å². The molecule has 0 radical (unpaired) electrons. The maximum absolute atomic E-state index is 13.9. The van der Waals surface area contributed by atoms with Gasteiger partial charge in [-0.05, 0) is 43.2 Å². The van der Waals surface area contributed by atoms with Crippen LogP contribution < -0.4 is 15.1 Å². The number of amides is 1. The molecule has 0 bridgehead atoms. The molecule has 5 nitrogen and oxygen atoms in total. The van der Waals surface area contributed by atoms with Crippen LogP contribution in [0, 0.1) is 17.6 Å². The minimum Gasteiger partial charge on any atom is -0.378 e. The Labute approximate surface area is 172 Å². The number of hydrogen-bond donors (Lipinski definition) is 1. The number of piperidine rings is 1. The number of nitrogens with one attached hydrogen (secondary N) is 1. The van der Waals surface area contributed by atoms with Gasteiger partial charge in [0.25, 0.3) is 0 Å². The molecule has 4 rings (SSSR count). The van der Waals surface area contributed by atoms with Crippen molar-refractivity contribution in [2.24, 2.45) is 5.92 Å². The molecule has 1 saturated heterocycles. The molecular weight excluding hydrogens is 394 g/mol. The van der Waals surface area contributed by atoms with Crippen LogP contribution in [0.5, 0.6) is 0 Å². The molecular formula is C21H22F2N4OS. The molecule has 3 aromatic rings. The first-order valence-electron chi connectivity index (χ1n) is 9.49. The lowest BCUT2D eigenvalue weighted by Gasteiger charge is -2.33. The SMILES string of the molecule is CN(C)c1ccc(N2CCCC(C(=O)Nc3nc4c(F)cc(F)cc4s3)C2)cc1. The summed E-state index contributed by atoms with van der Waals surface area (Å²) in [7, 11) is 4.00. The Balaban J connectivity index is 1.45. The smallest absolute Gasteiger partial charge is 0.231 e. The Morgan fingerprint density at radius 1 is 1.24 bits per heavy atom. The second-order valence-corrected chi connectivity index (χ2v) is 8.47. The number of benzene rings is 2. The first kappa shape index (κ1) is 19.6. The summed E-state index contributed by atoms with van der Waals surface area (Å²) >= 11 is 1.08. The van der Waals surface area contributed by atoms with Crippen molar-refractivity contribution in [3.05, 3.63) is 48.0 Å². The average molecular weight is 416 g/mol. The van der Waals surface area contributed by atoms with Crippen LogP contribution in [-0.4, -0.2) is 38.1 Å². The number of fused-ring (bicyclic) bond motifs is 1. The van der Waals surface area contributed by atoms with Crippen molar-refractivity contribution in [1.29, 1.82) is 0 Å². The molecule has 1 unspecified atom stereocenters. The maximum atomic E-state index is 13.9. The summed E-state index contributed by atoms with van der Waals surface area (Å²) in [4.78, 5) is 21.1. The zero-order valence-corrected chi connectivity index (χ0v) is 17.1. The van der Waals surface area contributed by atoms with Crippen molar-refractivity contribution in [3.63, 3.8) is 0 Å². The zero-order chi connectivity index (χ0) is 20.5. The fourth-order valence-electron chi connectivity index (χ4n) is 3.61. The summed E-state index contributed by atoms with van der Waals surface area (Å²) in [6, 6.07) is 10.3. The van der Waals surface area contributed by atoms with E-state index in [0.29, 0.717) is 16.4 Å². The minimum atomic E-state index is -0.721. The summed E-state index contributed by atoms with van der Waals surface area (Å²) in [5.41, 5.74) is 2.29. The van der Waals surface area contributed by atoms with Gasteiger partial charge >= 0.3 is 0 Å². The van der Waals surface area contributed by atoms with Gasteiger partial charge in [0.2, 0.25) is 5.91 Å². The fraction of sp³-hybridized carbons (Fsp3) is 0.333. The third-order valence-corrected chi connectivity index (χ3v) is 6.08. The monoisotopic (exact) mass is 416 g/mol. The van der Waals surface area contributed by atoms with E-state index in [9.17, 15) is 13.6 Å². The summed E-state index contributed by atoms with van der Waals surface area (Å²) < 4.78 is 27.6. The van der Waals surface area contributed by atoms with E-state index in [-0.39, 0.29) is 17.3 Å². The van der Waals surface area contributed by atoms with Gasteiger partial charge in [0, 0.05) is 44.6 Å². The Kier molecular flexibility index (Phi) is 5.36. The maximum Gasteiger partial charge on any atom is 0.231 e. The van der Waals surface area contributed by atoms with Crippen LogP contribution in [0.25, 0.3) is 10.2 Å². The molecule has 1 N–H and O–H groups in total. The molecule has 1 aliphatic heterocycles. The number of aromatic nitrogens is 1. The van der Waals surface area contributed by atoms with Crippen LogP contribution in [0.3, 0.4) is 0 Å². The Bertz CT molecular complexity index is 1040. The Morgan fingerprint density at radius 2 is 2.00 bits per heavy atom. The largest absolute Gasteiger partial charge is 0.378 e. The van der Waals surface area contributed by atoms with E-state index in [1.54, 1.807) is 0 Å². The van der Waals surface area contributed by atoms with Gasteiger partial charge in [-0.2, -0.15) is 0 Å². The molecule has 2 aromatic carbocycles. The van der Waals surface area contributed by atoms with Gasteiger partial charge < -0.3 is 15.1 Å². The van der Waals surface area contributed by atoms with Crippen molar-refractivity contribution in [2.45, 2.75) is 12.8 Å². The van der Waals surface area contributed by atoms with E-state index in [4.69, 9.17) is 0 Å². The van der Waals surface area contributed by atoms with Gasteiger partial charge in [0.15, 0.2) is 10.9 Å². The van der Waals surface area contributed by atoms with Gasteiger partial charge in [-0.1, -0.05) is 11.3 Å². The standard InChI is InChI=1S/C21H22F2N4OS/c1-26(2)15-5-7-16(8-6-15)27-9-3-4-13(12-27)20(28)25-21-24-19-17(23)10-14(22)11-18(19)29-21/h5-8,10-11,13H,3-4,9,12H2,1-2H3,(H,24,25,28). The Morgan fingerprint density at radius 3 is 2.72 bits per heavy atom. The number of carbonyl (C=O) groups excluding carboxylic acids is 1. The van der Waals surface area contributed by atoms with Gasteiger partial charge in [0.05, 0.1) is 10.6 Å². The van der Waals surface area contributed by atoms with Crippen molar-refractivity contribution in [3.8, 4) is 0 Å². The normalized spacial score (nSPS) is 16.8. The molecule has 0 spiro atoms. The molecule has 0 aliphatic carbocycles. The fourth-order valence-corrected chi connectivity index (χ4v) is 4.51.